The monoisotopic (exact) mass is 237 g/mol. The highest BCUT2D eigenvalue weighted by Crippen LogP contribution is 2.28. The molecule has 0 bridgehead atoms. The minimum absolute atomic E-state index is 0.675. The Morgan fingerprint density at radius 1 is 1.24 bits per heavy atom. The van der Waals surface area contributed by atoms with Crippen LogP contribution < -0.4 is 5.32 Å². The average Bonchev–Trinajstić information content (AvgIpc) is 2.37. The molecule has 1 heteroatoms. The maximum atomic E-state index is 4.15. The molecule has 1 nitrogen and oxygen atoms in total. The van der Waals surface area contributed by atoms with Crippen molar-refractivity contribution < 1.29 is 0 Å². The van der Waals surface area contributed by atoms with Gasteiger partial charge >= 0.3 is 0 Å². The van der Waals surface area contributed by atoms with Crippen LogP contribution in [0.2, 0.25) is 0 Å². The van der Waals surface area contributed by atoms with Crippen LogP contribution in [-0.2, 0) is 0 Å². The Balaban J connectivity index is 2.24. The van der Waals surface area contributed by atoms with Crippen LogP contribution in [0.5, 0.6) is 0 Å². The molecule has 1 fully saturated rings. The fourth-order valence-corrected chi connectivity index (χ4v) is 2.97. The molecule has 0 aromatic rings. The van der Waals surface area contributed by atoms with Gasteiger partial charge in [0, 0.05) is 6.04 Å². The molecule has 100 valence electrons. The maximum absolute atomic E-state index is 4.15. The van der Waals surface area contributed by atoms with E-state index in [1.54, 1.807) is 0 Å². The van der Waals surface area contributed by atoms with E-state index in [0.29, 0.717) is 6.04 Å². The summed E-state index contributed by atoms with van der Waals surface area (Å²) in [7, 11) is 0. The van der Waals surface area contributed by atoms with Gasteiger partial charge in [0.25, 0.3) is 0 Å². The lowest BCUT2D eigenvalue weighted by molar-refractivity contribution is 0.313. The molecule has 0 aliphatic heterocycles. The van der Waals surface area contributed by atoms with E-state index in [-0.39, 0.29) is 0 Å². The van der Waals surface area contributed by atoms with Crippen molar-refractivity contribution in [3.63, 3.8) is 0 Å². The van der Waals surface area contributed by atoms with Crippen molar-refractivity contribution in [2.75, 3.05) is 6.54 Å². The van der Waals surface area contributed by atoms with Crippen molar-refractivity contribution in [1.29, 1.82) is 0 Å². The molecule has 1 aliphatic rings. The van der Waals surface area contributed by atoms with Crippen molar-refractivity contribution >= 4 is 0 Å². The van der Waals surface area contributed by atoms with Gasteiger partial charge in [0.05, 0.1) is 0 Å². The van der Waals surface area contributed by atoms with Crippen LogP contribution in [0.3, 0.4) is 0 Å². The number of rotatable bonds is 8. The van der Waals surface area contributed by atoms with Crippen LogP contribution in [0.25, 0.3) is 0 Å². The second-order valence-corrected chi connectivity index (χ2v) is 5.64. The van der Waals surface area contributed by atoms with E-state index in [1.165, 1.54) is 56.9 Å². The lowest BCUT2D eigenvalue weighted by atomic mass is 9.84. The van der Waals surface area contributed by atoms with Gasteiger partial charge in [-0.2, -0.15) is 0 Å². The summed E-state index contributed by atoms with van der Waals surface area (Å²) in [5.41, 5.74) is 1.40. The van der Waals surface area contributed by atoms with Gasteiger partial charge in [0.2, 0.25) is 0 Å². The van der Waals surface area contributed by atoms with Crippen molar-refractivity contribution in [3.05, 3.63) is 12.2 Å². The van der Waals surface area contributed by atoms with Gasteiger partial charge in [-0.15, -0.1) is 0 Å². The maximum Gasteiger partial charge on any atom is 0.0104 e. The predicted octanol–water partition coefficient (Wildman–Crippen LogP) is 4.68. The standard InChI is InChI=1S/C16H31N/c1-4-14(3)13-16(17-5-2)12-11-15-9-7-6-8-10-15/h15-17H,3-13H2,1-2H3. The molecule has 0 aromatic heterocycles. The van der Waals surface area contributed by atoms with Crippen LogP contribution in [-0.4, -0.2) is 12.6 Å². The second kappa shape index (κ2) is 8.74. The van der Waals surface area contributed by atoms with Gasteiger partial charge in [-0.25, -0.2) is 0 Å². The smallest absolute Gasteiger partial charge is 0.0104 e. The molecule has 1 rings (SSSR count). The van der Waals surface area contributed by atoms with Crippen LogP contribution in [0.15, 0.2) is 12.2 Å². The van der Waals surface area contributed by atoms with Gasteiger partial charge in [0.1, 0.15) is 0 Å². The highest BCUT2D eigenvalue weighted by atomic mass is 14.9. The summed E-state index contributed by atoms with van der Waals surface area (Å²) < 4.78 is 0. The molecule has 1 unspecified atom stereocenters. The number of hydrogen-bond acceptors (Lipinski definition) is 1. The fourth-order valence-electron chi connectivity index (χ4n) is 2.97. The third-order valence-electron chi connectivity index (χ3n) is 4.18. The quantitative estimate of drug-likeness (QED) is 0.604. The highest BCUT2D eigenvalue weighted by Gasteiger charge is 2.16. The summed E-state index contributed by atoms with van der Waals surface area (Å²) >= 11 is 0. The Labute approximate surface area is 108 Å². The number of nitrogens with one attached hydrogen (secondary N) is 1. The zero-order chi connectivity index (χ0) is 12.5. The molecule has 0 spiro atoms. The SMILES string of the molecule is C=C(CC)CC(CCC1CCCCC1)NCC. The van der Waals surface area contributed by atoms with E-state index in [2.05, 4.69) is 25.7 Å². The Morgan fingerprint density at radius 3 is 2.53 bits per heavy atom. The Bertz CT molecular complexity index is 204. The molecular formula is C16H31N. The molecule has 0 radical (unpaired) electrons. The summed E-state index contributed by atoms with van der Waals surface area (Å²) in [6.45, 7) is 9.66. The highest BCUT2D eigenvalue weighted by molar-refractivity contribution is 4.96. The normalized spacial score (nSPS) is 19.2. The largest absolute Gasteiger partial charge is 0.314 e. The minimum atomic E-state index is 0.675. The first kappa shape index (κ1) is 14.8. The summed E-state index contributed by atoms with van der Waals surface area (Å²) in [6, 6.07) is 0.675. The van der Waals surface area contributed by atoms with Crippen LogP contribution >= 0.6 is 0 Å². The zero-order valence-electron chi connectivity index (χ0n) is 11.9. The third kappa shape index (κ3) is 6.26. The summed E-state index contributed by atoms with van der Waals surface area (Å²) in [4.78, 5) is 0. The zero-order valence-corrected chi connectivity index (χ0v) is 11.9. The molecular weight excluding hydrogens is 206 g/mol. The van der Waals surface area contributed by atoms with Gasteiger partial charge < -0.3 is 5.32 Å². The van der Waals surface area contributed by atoms with Gasteiger partial charge in [-0.1, -0.05) is 58.1 Å². The predicted molar refractivity (Wildman–Crippen MR) is 77.3 cm³/mol. The Morgan fingerprint density at radius 2 is 1.94 bits per heavy atom. The van der Waals surface area contributed by atoms with E-state index in [4.69, 9.17) is 0 Å². The van der Waals surface area contributed by atoms with Crippen molar-refractivity contribution in [2.45, 2.75) is 77.7 Å². The summed E-state index contributed by atoms with van der Waals surface area (Å²) in [5.74, 6) is 1.01. The van der Waals surface area contributed by atoms with E-state index in [9.17, 15) is 0 Å². The van der Waals surface area contributed by atoms with E-state index in [0.717, 1.165) is 18.9 Å². The van der Waals surface area contributed by atoms with Crippen molar-refractivity contribution in [3.8, 4) is 0 Å². The third-order valence-corrected chi connectivity index (χ3v) is 4.18. The van der Waals surface area contributed by atoms with Gasteiger partial charge in [-0.3, -0.25) is 0 Å². The first-order valence-electron chi connectivity index (χ1n) is 7.66. The Hall–Kier alpha value is -0.300. The molecule has 0 aromatic carbocycles. The van der Waals surface area contributed by atoms with Crippen LogP contribution in [0.1, 0.15) is 71.6 Å². The van der Waals surface area contributed by atoms with E-state index in [1.807, 2.05) is 0 Å². The molecule has 0 heterocycles. The molecule has 17 heavy (non-hydrogen) atoms. The second-order valence-electron chi connectivity index (χ2n) is 5.64. The van der Waals surface area contributed by atoms with Crippen LogP contribution in [0.4, 0.5) is 0 Å². The average molecular weight is 237 g/mol. The summed E-state index contributed by atoms with van der Waals surface area (Å²) in [5, 5.41) is 3.63. The molecule has 1 atom stereocenters. The summed E-state index contributed by atoms with van der Waals surface area (Å²) in [6.07, 6.45) is 12.5. The molecule has 1 N–H and O–H groups in total. The van der Waals surface area contributed by atoms with Crippen LogP contribution in [0, 0.1) is 5.92 Å². The van der Waals surface area contributed by atoms with E-state index < -0.39 is 0 Å². The molecule has 0 saturated heterocycles. The topological polar surface area (TPSA) is 12.0 Å². The Kier molecular flexibility index (Phi) is 7.59. The fraction of sp³-hybridized carbons (Fsp3) is 0.875. The molecule has 1 saturated carbocycles. The van der Waals surface area contributed by atoms with Gasteiger partial charge in [-0.05, 0) is 38.1 Å². The lowest BCUT2D eigenvalue weighted by Gasteiger charge is -2.25. The minimum Gasteiger partial charge on any atom is -0.314 e. The first-order chi connectivity index (χ1) is 8.26. The first-order valence-corrected chi connectivity index (χ1v) is 7.66. The van der Waals surface area contributed by atoms with Crippen molar-refractivity contribution in [1.82, 2.24) is 5.32 Å². The molecule has 1 aliphatic carbocycles. The van der Waals surface area contributed by atoms with Gasteiger partial charge in [0.15, 0.2) is 0 Å². The van der Waals surface area contributed by atoms with E-state index >= 15 is 0 Å². The lowest BCUT2D eigenvalue weighted by Crippen LogP contribution is -2.30. The number of hydrogen-bond donors (Lipinski definition) is 1. The molecule has 0 amide bonds. The van der Waals surface area contributed by atoms with Crippen molar-refractivity contribution in [2.24, 2.45) is 5.92 Å².